The van der Waals surface area contributed by atoms with Crippen molar-refractivity contribution in [2.75, 3.05) is 26.2 Å². The number of hydrogen-bond donors (Lipinski definition) is 1. The van der Waals surface area contributed by atoms with Crippen LogP contribution in [0.4, 0.5) is 0 Å². The van der Waals surface area contributed by atoms with Crippen molar-refractivity contribution < 1.29 is 4.74 Å². The minimum atomic E-state index is 0.503. The lowest BCUT2D eigenvalue weighted by Gasteiger charge is -2.35. The van der Waals surface area contributed by atoms with E-state index in [0.29, 0.717) is 6.10 Å². The lowest BCUT2D eigenvalue weighted by atomic mass is 9.89. The summed E-state index contributed by atoms with van der Waals surface area (Å²) in [5, 5.41) is 3.75. The molecule has 3 saturated heterocycles. The summed E-state index contributed by atoms with van der Waals surface area (Å²) in [4.78, 5) is 2.65. The standard InChI is InChI=1S/C16H30N2O/c1-2-19-16-4-3-8-18(12-16)9-7-13-10-14-5-6-15(11-13)17-14/h13-17H,2-12H2,1H3. The van der Waals surface area contributed by atoms with Gasteiger partial charge >= 0.3 is 0 Å². The van der Waals surface area contributed by atoms with Crippen LogP contribution in [0.1, 0.15) is 51.9 Å². The second-order valence-corrected chi connectivity index (χ2v) is 6.78. The first-order chi connectivity index (χ1) is 9.33. The van der Waals surface area contributed by atoms with Crippen molar-refractivity contribution in [1.29, 1.82) is 0 Å². The van der Waals surface area contributed by atoms with Crippen LogP contribution in [0.3, 0.4) is 0 Å². The molecule has 3 unspecified atom stereocenters. The number of likely N-dealkylation sites (tertiary alicyclic amines) is 1. The number of piperidine rings is 2. The fraction of sp³-hybridized carbons (Fsp3) is 1.00. The smallest absolute Gasteiger partial charge is 0.0702 e. The number of nitrogens with zero attached hydrogens (tertiary/aromatic N) is 1. The second-order valence-electron chi connectivity index (χ2n) is 6.78. The van der Waals surface area contributed by atoms with Gasteiger partial charge in [0.2, 0.25) is 0 Å². The summed E-state index contributed by atoms with van der Waals surface area (Å²) in [6.07, 6.45) is 10.2. The van der Waals surface area contributed by atoms with E-state index < -0.39 is 0 Å². The maximum atomic E-state index is 5.80. The van der Waals surface area contributed by atoms with Gasteiger partial charge in [0.25, 0.3) is 0 Å². The molecular formula is C16H30N2O. The van der Waals surface area contributed by atoms with E-state index in [4.69, 9.17) is 4.74 Å². The Morgan fingerprint density at radius 1 is 1.16 bits per heavy atom. The highest BCUT2D eigenvalue weighted by molar-refractivity contribution is 4.92. The van der Waals surface area contributed by atoms with Gasteiger partial charge < -0.3 is 15.0 Å². The Hall–Kier alpha value is -0.120. The molecule has 3 heterocycles. The van der Waals surface area contributed by atoms with Crippen molar-refractivity contribution >= 4 is 0 Å². The van der Waals surface area contributed by atoms with Crippen LogP contribution in [0.5, 0.6) is 0 Å². The molecule has 0 aromatic carbocycles. The summed E-state index contributed by atoms with van der Waals surface area (Å²) < 4.78 is 5.80. The zero-order chi connectivity index (χ0) is 13.1. The molecule has 110 valence electrons. The van der Waals surface area contributed by atoms with Crippen LogP contribution in [0.2, 0.25) is 0 Å². The first-order valence-corrected chi connectivity index (χ1v) is 8.43. The highest BCUT2D eigenvalue weighted by Crippen LogP contribution is 2.32. The topological polar surface area (TPSA) is 24.5 Å². The van der Waals surface area contributed by atoms with Gasteiger partial charge in [-0.2, -0.15) is 0 Å². The summed E-state index contributed by atoms with van der Waals surface area (Å²) in [6.45, 7) is 6.75. The van der Waals surface area contributed by atoms with Gasteiger partial charge in [0.05, 0.1) is 6.10 Å². The Balaban J connectivity index is 1.39. The fourth-order valence-corrected chi connectivity index (χ4v) is 4.36. The highest BCUT2D eigenvalue weighted by atomic mass is 16.5. The summed E-state index contributed by atoms with van der Waals surface area (Å²) in [5.41, 5.74) is 0. The molecule has 0 saturated carbocycles. The highest BCUT2D eigenvalue weighted by Gasteiger charge is 2.33. The number of fused-ring (bicyclic) bond motifs is 2. The molecule has 3 fully saturated rings. The van der Waals surface area contributed by atoms with Crippen LogP contribution >= 0.6 is 0 Å². The number of hydrogen-bond acceptors (Lipinski definition) is 3. The predicted molar refractivity (Wildman–Crippen MR) is 78.4 cm³/mol. The molecule has 3 aliphatic rings. The molecular weight excluding hydrogens is 236 g/mol. The van der Waals surface area contributed by atoms with E-state index in [1.807, 2.05) is 0 Å². The summed E-state index contributed by atoms with van der Waals surface area (Å²) in [5.74, 6) is 0.978. The van der Waals surface area contributed by atoms with Crippen molar-refractivity contribution in [3.8, 4) is 0 Å². The zero-order valence-electron chi connectivity index (χ0n) is 12.4. The van der Waals surface area contributed by atoms with Crippen LogP contribution in [0, 0.1) is 5.92 Å². The Bertz CT molecular complexity index is 270. The predicted octanol–water partition coefficient (Wildman–Crippen LogP) is 2.41. The molecule has 0 aromatic rings. The number of rotatable bonds is 5. The minimum Gasteiger partial charge on any atom is -0.377 e. The van der Waals surface area contributed by atoms with Gasteiger partial charge in [-0.05, 0) is 70.9 Å². The van der Waals surface area contributed by atoms with E-state index >= 15 is 0 Å². The van der Waals surface area contributed by atoms with Crippen LogP contribution in [0.15, 0.2) is 0 Å². The first kappa shape index (κ1) is 13.8. The lowest BCUT2D eigenvalue weighted by Crippen LogP contribution is -2.42. The summed E-state index contributed by atoms with van der Waals surface area (Å²) in [7, 11) is 0. The molecule has 2 bridgehead atoms. The van der Waals surface area contributed by atoms with Crippen LogP contribution in [0.25, 0.3) is 0 Å². The maximum absolute atomic E-state index is 5.80. The van der Waals surface area contributed by atoms with E-state index in [1.54, 1.807) is 0 Å². The molecule has 3 aliphatic heterocycles. The summed E-state index contributed by atoms with van der Waals surface area (Å²) >= 11 is 0. The average molecular weight is 266 g/mol. The third-order valence-corrected chi connectivity index (χ3v) is 5.29. The molecule has 1 N–H and O–H groups in total. The van der Waals surface area contributed by atoms with E-state index in [2.05, 4.69) is 17.1 Å². The molecule has 0 spiro atoms. The van der Waals surface area contributed by atoms with E-state index in [-0.39, 0.29) is 0 Å². The minimum absolute atomic E-state index is 0.503. The molecule has 0 aromatic heterocycles. The zero-order valence-corrected chi connectivity index (χ0v) is 12.4. The average Bonchev–Trinajstić information content (AvgIpc) is 2.76. The Labute approximate surface area is 118 Å². The Kier molecular flexibility index (Phi) is 4.78. The lowest BCUT2D eigenvalue weighted by molar-refractivity contribution is 0.00407. The second kappa shape index (κ2) is 6.55. The van der Waals surface area contributed by atoms with Crippen molar-refractivity contribution in [2.45, 2.75) is 70.1 Å². The molecule has 0 amide bonds. The molecule has 3 nitrogen and oxygen atoms in total. The van der Waals surface area contributed by atoms with Crippen molar-refractivity contribution in [2.24, 2.45) is 5.92 Å². The van der Waals surface area contributed by atoms with Crippen LogP contribution in [-0.4, -0.2) is 49.3 Å². The fourth-order valence-electron chi connectivity index (χ4n) is 4.36. The molecule has 3 atom stereocenters. The van der Waals surface area contributed by atoms with Gasteiger partial charge in [-0.1, -0.05) is 0 Å². The van der Waals surface area contributed by atoms with Crippen molar-refractivity contribution in [3.05, 3.63) is 0 Å². The summed E-state index contributed by atoms with van der Waals surface area (Å²) in [6, 6.07) is 1.70. The molecule has 0 aliphatic carbocycles. The first-order valence-electron chi connectivity index (χ1n) is 8.43. The Morgan fingerprint density at radius 2 is 1.95 bits per heavy atom. The Morgan fingerprint density at radius 3 is 2.68 bits per heavy atom. The quantitative estimate of drug-likeness (QED) is 0.827. The monoisotopic (exact) mass is 266 g/mol. The van der Waals surface area contributed by atoms with Crippen LogP contribution < -0.4 is 5.32 Å². The van der Waals surface area contributed by atoms with Gasteiger partial charge in [0.1, 0.15) is 0 Å². The van der Waals surface area contributed by atoms with Crippen molar-refractivity contribution in [3.63, 3.8) is 0 Å². The van der Waals surface area contributed by atoms with E-state index in [1.165, 1.54) is 64.6 Å². The molecule has 3 rings (SSSR count). The molecule has 0 radical (unpaired) electrons. The number of nitrogens with one attached hydrogen (secondary N) is 1. The third-order valence-electron chi connectivity index (χ3n) is 5.29. The van der Waals surface area contributed by atoms with Gasteiger partial charge in [0, 0.05) is 25.2 Å². The van der Waals surface area contributed by atoms with E-state index in [9.17, 15) is 0 Å². The van der Waals surface area contributed by atoms with Crippen LogP contribution in [-0.2, 0) is 4.74 Å². The molecule has 3 heteroatoms. The van der Waals surface area contributed by atoms with Gasteiger partial charge in [-0.3, -0.25) is 0 Å². The van der Waals surface area contributed by atoms with Crippen molar-refractivity contribution in [1.82, 2.24) is 10.2 Å². The molecule has 19 heavy (non-hydrogen) atoms. The van der Waals surface area contributed by atoms with Gasteiger partial charge in [-0.25, -0.2) is 0 Å². The van der Waals surface area contributed by atoms with Gasteiger partial charge in [-0.15, -0.1) is 0 Å². The number of ether oxygens (including phenoxy) is 1. The van der Waals surface area contributed by atoms with E-state index in [0.717, 1.165) is 24.6 Å². The maximum Gasteiger partial charge on any atom is 0.0702 e. The third kappa shape index (κ3) is 3.71. The largest absolute Gasteiger partial charge is 0.377 e. The van der Waals surface area contributed by atoms with Gasteiger partial charge in [0.15, 0.2) is 0 Å². The SMILES string of the molecule is CCOC1CCCN(CCC2CC3CCC(C2)N3)C1. The normalized spacial score (nSPS) is 39.6.